The lowest BCUT2D eigenvalue weighted by molar-refractivity contribution is 0.550. The van der Waals surface area contributed by atoms with Crippen LogP contribution in [0.25, 0.3) is 5.57 Å². The molecule has 5 heteroatoms. The quantitative estimate of drug-likeness (QED) is 0.741. The highest BCUT2D eigenvalue weighted by Gasteiger charge is 2.14. The highest BCUT2D eigenvalue weighted by atomic mass is 15.6. The highest BCUT2D eigenvalue weighted by molar-refractivity contribution is 5.61. The maximum Gasteiger partial charge on any atom is 0.201 e. The van der Waals surface area contributed by atoms with Gasteiger partial charge in [0.2, 0.25) is 5.82 Å². The number of hydrogen-bond acceptors (Lipinski definition) is 4. The van der Waals surface area contributed by atoms with Crippen molar-refractivity contribution in [2.45, 2.75) is 32.9 Å². The molecule has 0 radical (unpaired) electrons. The van der Waals surface area contributed by atoms with E-state index in [1.807, 2.05) is 6.92 Å². The zero-order chi connectivity index (χ0) is 9.97. The van der Waals surface area contributed by atoms with Gasteiger partial charge in [0.25, 0.3) is 0 Å². The summed E-state index contributed by atoms with van der Waals surface area (Å²) in [6.07, 6.45) is 3.23. The number of nitrogens with one attached hydrogen (secondary N) is 1. The third kappa shape index (κ3) is 1.82. The minimum Gasteiger partial charge on any atom is -0.310 e. The van der Waals surface area contributed by atoms with Gasteiger partial charge >= 0.3 is 0 Å². The lowest BCUT2D eigenvalue weighted by atomic mass is 10.1. The summed E-state index contributed by atoms with van der Waals surface area (Å²) < 4.78 is 0. The van der Waals surface area contributed by atoms with Gasteiger partial charge in [-0.3, -0.25) is 0 Å². The van der Waals surface area contributed by atoms with Crippen LogP contribution in [-0.2, 0) is 6.54 Å². The molecular formula is C9H15N5. The van der Waals surface area contributed by atoms with Crippen LogP contribution < -0.4 is 5.32 Å². The lowest BCUT2D eigenvalue weighted by Crippen LogP contribution is -2.30. The lowest BCUT2D eigenvalue weighted by Gasteiger charge is -2.17. The second kappa shape index (κ2) is 3.88. The van der Waals surface area contributed by atoms with Gasteiger partial charge in [0.05, 0.1) is 6.54 Å². The Bertz CT molecular complexity index is 341. The van der Waals surface area contributed by atoms with Crippen LogP contribution in [0.5, 0.6) is 0 Å². The van der Waals surface area contributed by atoms with Gasteiger partial charge in [-0.25, -0.2) is 0 Å². The van der Waals surface area contributed by atoms with Crippen LogP contribution in [0.1, 0.15) is 26.1 Å². The van der Waals surface area contributed by atoms with Crippen molar-refractivity contribution in [1.29, 1.82) is 0 Å². The van der Waals surface area contributed by atoms with Crippen LogP contribution in [0.3, 0.4) is 0 Å². The fourth-order valence-electron chi connectivity index (χ4n) is 1.43. The Kier molecular flexibility index (Phi) is 2.58. The van der Waals surface area contributed by atoms with Crippen LogP contribution in [0.15, 0.2) is 6.08 Å². The first-order chi connectivity index (χ1) is 6.79. The molecule has 5 nitrogen and oxygen atoms in total. The fraction of sp³-hybridized carbons (Fsp3) is 0.667. The maximum absolute atomic E-state index is 4.26. The van der Waals surface area contributed by atoms with Gasteiger partial charge in [0.15, 0.2) is 0 Å². The van der Waals surface area contributed by atoms with Crippen LogP contribution in [-0.4, -0.2) is 32.8 Å². The van der Waals surface area contributed by atoms with Gasteiger partial charge in [-0.1, -0.05) is 6.08 Å². The van der Waals surface area contributed by atoms with E-state index in [-0.39, 0.29) is 0 Å². The number of nitrogens with zero attached hydrogens (tertiary/aromatic N) is 4. The fourth-order valence-corrected chi connectivity index (χ4v) is 1.43. The molecule has 0 saturated heterocycles. The normalized spacial score (nSPS) is 22.1. The second-order valence-corrected chi connectivity index (χ2v) is 3.55. The average molecular weight is 193 g/mol. The molecule has 0 aliphatic carbocycles. The van der Waals surface area contributed by atoms with E-state index in [1.165, 1.54) is 0 Å². The predicted molar refractivity (Wildman–Crippen MR) is 53.5 cm³/mol. The molecule has 0 spiro atoms. The molecule has 2 heterocycles. The maximum atomic E-state index is 4.26. The molecule has 1 aromatic rings. The molecule has 1 unspecified atom stereocenters. The van der Waals surface area contributed by atoms with E-state index < -0.39 is 0 Å². The van der Waals surface area contributed by atoms with Crippen molar-refractivity contribution in [1.82, 2.24) is 25.5 Å². The molecule has 1 aromatic heterocycles. The van der Waals surface area contributed by atoms with Gasteiger partial charge in [-0.2, -0.15) is 4.80 Å². The Hall–Kier alpha value is -1.23. The molecular weight excluding hydrogens is 178 g/mol. The second-order valence-electron chi connectivity index (χ2n) is 3.55. The monoisotopic (exact) mass is 193 g/mol. The summed E-state index contributed by atoms with van der Waals surface area (Å²) in [5.41, 5.74) is 1.16. The third-order valence-corrected chi connectivity index (χ3v) is 2.38. The topological polar surface area (TPSA) is 55.6 Å². The first-order valence-electron chi connectivity index (χ1n) is 5.00. The minimum absolute atomic E-state index is 0.556. The Morgan fingerprint density at radius 1 is 1.64 bits per heavy atom. The molecule has 1 atom stereocenters. The third-order valence-electron chi connectivity index (χ3n) is 2.38. The molecule has 1 aliphatic heterocycles. The summed E-state index contributed by atoms with van der Waals surface area (Å²) in [6, 6.07) is 0.556. The van der Waals surface area contributed by atoms with Crippen LogP contribution in [0.2, 0.25) is 0 Å². The van der Waals surface area contributed by atoms with Crippen LogP contribution in [0, 0.1) is 0 Å². The number of tetrazole rings is 1. The largest absolute Gasteiger partial charge is 0.310 e. The molecule has 0 bridgehead atoms. The summed E-state index contributed by atoms with van der Waals surface area (Å²) in [6.45, 7) is 5.78. The molecule has 0 saturated carbocycles. The van der Waals surface area contributed by atoms with Gasteiger partial charge in [0.1, 0.15) is 0 Å². The van der Waals surface area contributed by atoms with Crippen molar-refractivity contribution in [2.24, 2.45) is 0 Å². The van der Waals surface area contributed by atoms with Crippen molar-refractivity contribution in [2.75, 3.05) is 6.54 Å². The van der Waals surface area contributed by atoms with Crippen LogP contribution in [0.4, 0.5) is 0 Å². The van der Waals surface area contributed by atoms with E-state index in [0.29, 0.717) is 6.04 Å². The molecule has 0 fully saturated rings. The van der Waals surface area contributed by atoms with Crippen molar-refractivity contribution in [3.63, 3.8) is 0 Å². The average Bonchev–Trinajstić information content (AvgIpc) is 2.67. The molecule has 1 aliphatic rings. The minimum atomic E-state index is 0.556. The van der Waals surface area contributed by atoms with Crippen molar-refractivity contribution >= 4 is 5.57 Å². The smallest absolute Gasteiger partial charge is 0.201 e. The molecule has 2 rings (SSSR count). The van der Waals surface area contributed by atoms with E-state index in [0.717, 1.165) is 30.9 Å². The van der Waals surface area contributed by atoms with E-state index in [9.17, 15) is 0 Å². The van der Waals surface area contributed by atoms with E-state index in [2.05, 4.69) is 33.7 Å². The Balaban J connectivity index is 2.15. The molecule has 0 aromatic carbocycles. The van der Waals surface area contributed by atoms with E-state index >= 15 is 0 Å². The number of aromatic nitrogens is 4. The van der Waals surface area contributed by atoms with Gasteiger partial charge in [-0.15, -0.1) is 10.2 Å². The Morgan fingerprint density at radius 2 is 2.50 bits per heavy atom. The zero-order valence-electron chi connectivity index (χ0n) is 8.56. The molecule has 14 heavy (non-hydrogen) atoms. The number of aryl methyl sites for hydroxylation is 1. The summed E-state index contributed by atoms with van der Waals surface area (Å²) in [5.74, 6) is 0.756. The highest BCUT2D eigenvalue weighted by Crippen LogP contribution is 2.13. The first-order valence-corrected chi connectivity index (χ1v) is 5.00. The summed E-state index contributed by atoms with van der Waals surface area (Å²) >= 11 is 0. The Labute approximate surface area is 83.2 Å². The Morgan fingerprint density at radius 3 is 3.07 bits per heavy atom. The van der Waals surface area contributed by atoms with E-state index in [4.69, 9.17) is 0 Å². The summed E-state index contributed by atoms with van der Waals surface area (Å²) in [5, 5.41) is 15.6. The molecule has 0 amide bonds. The number of rotatable bonds is 2. The molecule has 1 N–H and O–H groups in total. The number of hydrogen-bond donors (Lipinski definition) is 1. The van der Waals surface area contributed by atoms with Gasteiger partial charge < -0.3 is 5.32 Å². The predicted octanol–water partition coefficient (Wildman–Crippen LogP) is 0.458. The summed E-state index contributed by atoms with van der Waals surface area (Å²) in [7, 11) is 0. The molecule has 76 valence electrons. The summed E-state index contributed by atoms with van der Waals surface area (Å²) in [4.78, 5) is 1.61. The van der Waals surface area contributed by atoms with Crippen molar-refractivity contribution in [3.8, 4) is 0 Å². The van der Waals surface area contributed by atoms with Gasteiger partial charge in [-0.05, 0) is 25.5 Å². The zero-order valence-corrected chi connectivity index (χ0v) is 8.56. The van der Waals surface area contributed by atoms with Crippen molar-refractivity contribution in [3.05, 3.63) is 11.9 Å². The van der Waals surface area contributed by atoms with Gasteiger partial charge in [0, 0.05) is 18.2 Å². The standard InChI is InChI=1S/C9H15N5/c1-3-14-12-9(11-13-14)8-5-4-7(2)10-6-8/h5,7,10H,3-4,6H2,1-2H3. The SMILES string of the molecule is CCn1nnc(C2=CCC(C)NC2)n1. The van der Waals surface area contributed by atoms with Crippen LogP contribution >= 0.6 is 0 Å². The van der Waals surface area contributed by atoms with E-state index in [1.54, 1.807) is 4.80 Å². The first kappa shape index (κ1) is 9.33. The van der Waals surface area contributed by atoms with Crippen molar-refractivity contribution < 1.29 is 0 Å².